The number of hydrogen-bond donors (Lipinski definition) is 2. The summed E-state index contributed by atoms with van der Waals surface area (Å²) >= 11 is 6.10. The number of anilines is 1. The second kappa shape index (κ2) is 6.12. The summed E-state index contributed by atoms with van der Waals surface area (Å²) < 4.78 is 0. The molecule has 1 aliphatic heterocycles. The molecule has 1 atom stereocenters. The fourth-order valence-corrected chi connectivity index (χ4v) is 2.36. The van der Waals surface area contributed by atoms with Gasteiger partial charge in [0.2, 0.25) is 0 Å². The van der Waals surface area contributed by atoms with E-state index >= 15 is 0 Å². The molecule has 2 rings (SSSR count). The van der Waals surface area contributed by atoms with Crippen LogP contribution in [0.15, 0.2) is 24.3 Å². The lowest BCUT2D eigenvalue weighted by atomic mass is 10.0. The summed E-state index contributed by atoms with van der Waals surface area (Å²) in [5, 5.41) is 7.70. The van der Waals surface area contributed by atoms with Crippen molar-refractivity contribution in [3.63, 3.8) is 0 Å². The summed E-state index contributed by atoms with van der Waals surface area (Å²) in [4.78, 5) is 0. The number of halogens is 1. The van der Waals surface area contributed by atoms with Crippen LogP contribution in [0, 0.1) is 5.92 Å². The Morgan fingerprint density at radius 3 is 3.00 bits per heavy atom. The number of hydrogen-bond acceptors (Lipinski definition) is 2. The summed E-state index contributed by atoms with van der Waals surface area (Å²) in [7, 11) is 0. The fraction of sp³-hybridized carbons (Fsp3) is 0.538. The van der Waals surface area contributed by atoms with E-state index < -0.39 is 0 Å². The molecule has 0 aromatic heterocycles. The van der Waals surface area contributed by atoms with Gasteiger partial charge in [-0.2, -0.15) is 0 Å². The minimum atomic E-state index is 0.770. The lowest BCUT2D eigenvalue weighted by molar-refractivity contribution is 0.496. The van der Waals surface area contributed by atoms with E-state index in [1.54, 1.807) is 0 Å². The van der Waals surface area contributed by atoms with Crippen molar-refractivity contribution in [1.29, 1.82) is 0 Å². The molecule has 3 heteroatoms. The third-order valence-corrected chi connectivity index (χ3v) is 3.48. The molecule has 1 aliphatic rings. The summed E-state index contributed by atoms with van der Waals surface area (Å²) in [6.07, 6.45) is 3.86. The minimum absolute atomic E-state index is 0.770. The van der Waals surface area contributed by atoms with Gasteiger partial charge in [0.15, 0.2) is 0 Å². The first-order chi connectivity index (χ1) is 7.86. The number of para-hydroxylation sites is 1. The second-order valence-electron chi connectivity index (χ2n) is 4.41. The summed E-state index contributed by atoms with van der Waals surface area (Å²) in [6, 6.07) is 7.95. The van der Waals surface area contributed by atoms with Crippen LogP contribution in [0.1, 0.15) is 19.3 Å². The van der Waals surface area contributed by atoms with E-state index in [0.717, 1.165) is 29.7 Å². The van der Waals surface area contributed by atoms with Gasteiger partial charge in [-0.3, -0.25) is 0 Å². The maximum absolute atomic E-state index is 6.10. The Morgan fingerprint density at radius 1 is 1.25 bits per heavy atom. The van der Waals surface area contributed by atoms with E-state index in [1.165, 1.54) is 25.8 Å². The molecule has 0 spiro atoms. The summed E-state index contributed by atoms with van der Waals surface area (Å²) in [6.45, 7) is 3.35. The van der Waals surface area contributed by atoms with Crippen LogP contribution in [-0.2, 0) is 0 Å². The van der Waals surface area contributed by atoms with E-state index in [0.29, 0.717) is 0 Å². The predicted molar refractivity (Wildman–Crippen MR) is 70.2 cm³/mol. The zero-order valence-corrected chi connectivity index (χ0v) is 10.3. The lowest BCUT2D eigenvalue weighted by Crippen LogP contribution is -2.17. The molecule has 88 valence electrons. The van der Waals surface area contributed by atoms with Gasteiger partial charge < -0.3 is 10.6 Å². The van der Waals surface area contributed by atoms with E-state index in [2.05, 4.69) is 10.6 Å². The van der Waals surface area contributed by atoms with Gasteiger partial charge in [-0.15, -0.1) is 0 Å². The third kappa shape index (κ3) is 3.39. The standard InChI is InChI=1S/C13H19ClN2/c14-12-5-1-2-6-13(12)16-10-11-4-3-8-15-9-7-11/h1-2,5-6,11,15-16H,3-4,7-10H2. The van der Waals surface area contributed by atoms with Crippen LogP contribution in [0.2, 0.25) is 5.02 Å². The van der Waals surface area contributed by atoms with Gasteiger partial charge in [-0.25, -0.2) is 0 Å². The predicted octanol–water partition coefficient (Wildman–Crippen LogP) is 3.14. The molecule has 2 N–H and O–H groups in total. The Balaban J connectivity index is 1.84. The average Bonchev–Trinajstić information content (AvgIpc) is 2.56. The van der Waals surface area contributed by atoms with Gasteiger partial charge in [-0.1, -0.05) is 23.7 Å². The molecular formula is C13H19ClN2. The van der Waals surface area contributed by atoms with Crippen molar-refractivity contribution in [3.8, 4) is 0 Å². The van der Waals surface area contributed by atoms with Crippen LogP contribution in [0.4, 0.5) is 5.69 Å². The third-order valence-electron chi connectivity index (χ3n) is 3.15. The molecule has 0 amide bonds. The molecule has 0 radical (unpaired) electrons. The Labute approximate surface area is 102 Å². The topological polar surface area (TPSA) is 24.1 Å². The summed E-state index contributed by atoms with van der Waals surface area (Å²) in [5.41, 5.74) is 1.06. The van der Waals surface area contributed by atoms with Gasteiger partial charge in [0.1, 0.15) is 0 Å². The first-order valence-corrected chi connectivity index (χ1v) is 6.43. The first-order valence-electron chi connectivity index (χ1n) is 6.05. The molecule has 2 nitrogen and oxygen atoms in total. The summed E-state index contributed by atoms with van der Waals surface area (Å²) in [5.74, 6) is 0.770. The SMILES string of the molecule is Clc1ccccc1NCC1CCCNCC1. The van der Waals surface area contributed by atoms with Crippen molar-refractivity contribution >= 4 is 17.3 Å². The van der Waals surface area contributed by atoms with Gasteiger partial charge in [-0.05, 0) is 50.4 Å². The van der Waals surface area contributed by atoms with Crippen molar-refractivity contribution in [2.24, 2.45) is 5.92 Å². The molecule has 0 saturated carbocycles. The van der Waals surface area contributed by atoms with Gasteiger partial charge >= 0.3 is 0 Å². The van der Waals surface area contributed by atoms with E-state index in [1.807, 2.05) is 24.3 Å². The van der Waals surface area contributed by atoms with Crippen LogP contribution in [-0.4, -0.2) is 19.6 Å². The largest absolute Gasteiger partial charge is 0.384 e. The maximum Gasteiger partial charge on any atom is 0.0637 e. The molecule has 1 saturated heterocycles. The Morgan fingerprint density at radius 2 is 2.12 bits per heavy atom. The minimum Gasteiger partial charge on any atom is -0.384 e. The molecule has 1 unspecified atom stereocenters. The quantitative estimate of drug-likeness (QED) is 0.846. The highest BCUT2D eigenvalue weighted by Gasteiger charge is 2.11. The van der Waals surface area contributed by atoms with Crippen molar-refractivity contribution < 1.29 is 0 Å². The number of rotatable bonds is 3. The first kappa shape index (κ1) is 11.7. The van der Waals surface area contributed by atoms with Crippen LogP contribution < -0.4 is 10.6 Å². The highest BCUT2D eigenvalue weighted by atomic mass is 35.5. The van der Waals surface area contributed by atoms with Gasteiger partial charge in [0, 0.05) is 6.54 Å². The molecule has 1 heterocycles. The zero-order chi connectivity index (χ0) is 11.2. The Kier molecular flexibility index (Phi) is 4.49. The van der Waals surface area contributed by atoms with Crippen molar-refractivity contribution in [2.75, 3.05) is 25.0 Å². The second-order valence-corrected chi connectivity index (χ2v) is 4.81. The van der Waals surface area contributed by atoms with Crippen molar-refractivity contribution in [2.45, 2.75) is 19.3 Å². The molecular weight excluding hydrogens is 220 g/mol. The normalized spacial score (nSPS) is 21.4. The monoisotopic (exact) mass is 238 g/mol. The zero-order valence-electron chi connectivity index (χ0n) is 9.51. The van der Waals surface area contributed by atoms with Gasteiger partial charge in [0.25, 0.3) is 0 Å². The molecule has 1 aromatic carbocycles. The van der Waals surface area contributed by atoms with Crippen LogP contribution in [0.3, 0.4) is 0 Å². The highest BCUT2D eigenvalue weighted by Crippen LogP contribution is 2.22. The van der Waals surface area contributed by atoms with E-state index in [-0.39, 0.29) is 0 Å². The number of nitrogens with one attached hydrogen (secondary N) is 2. The molecule has 0 bridgehead atoms. The van der Waals surface area contributed by atoms with Crippen molar-refractivity contribution in [3.05, 3.63) is 29.3 Å². The van der Waals surface area contributed by atoms with Crippen LogP contribution >= 0.6 is 11.6 Å². The molecule has 1 aromatic rings. The fourth-order valence-electron chi connectivity index (χ4n) is 2.15. The maximum atomic E-state index is 6.10. The molecule has 0 aliphatic carbocycles. The molecule has 1 fully saturated rings. The van der Waals surface area contributed by atoms with Crippen molar-refractivity contribution in [1.82, 2.24) is 5.32 Å². The van der Waals surface area contributed by atoms with Crippen LogP contribution in [0.5, 0.6) is 0 Å². The number of benzene rings is 1. The highest BCUT2D eigenvalue weighted by molar-refractivity contribution is 6.33. The average molecular weight is 239 g/mol. The smallest absolute Gasteiger partial charge is 0.0637 e. The van der Waals surface area contributed by atoms with E-state index in [9.17, 15) is 0 Å². The van der Waals surface area contributed by atoms with Crippen LogP contribution in [0.25, 0.3) is 0 Å². The van der Waals surface area contributed by atoms with E-state index in [4.69, 9.17) is 11.6 Å². The van der Waals surface area contributed by atoms with Gasteiger partial charge in [0.05, 0.1) is 10.7 Å². The Hall–Kier alpha value is -0.730. The lowest BCUT2D eigenvalue weighted by Gasteiger charge is -2.16. The molecule has 16 heavy (non-hydrogen) atoms. The Bertz CT molecular complexity index is 319.